The molecule has 27 heavy (non-hydrogen) atoms. The zero-order valence-corrected chi connectivity index (χ0v) is 16.6. The summed E-state index contributed by atoms with van der Waals surface area (Å²) >= 11 is 9.48. The van der Waals surface area contributed by atoms with Gasteiger partial charge in [-0.25, -0.2) is 0 Å². The van der Waals surface area contributed by atoms with Gasteiger partial charge in [-0.05, 0) is 48.9 Å². The molecular weight excluding hydrogens is 428 g/mol. The predicted molar refractivity (Wildman–Crippen MR) is 110 cm³/mol. The number of furan rings is 1. The standard InChI is InChI=1S/C21H14BrClN2O2/c1-13-18(23)6-3-7-19(13)25-21(26)15(12-24)11-17-8-9-20(27-17)14-4-2-5-16(22)10-14/h2-11H,1H3,(H,25,26)/b15-11-. The van der Waals surface area contributed by atoms with Gasteiger partial charge in [0.15, 0.2) is 0 Å². The highest BCUT2D eigenvalue weighted by molar-refractivity contribution is 9.10. The van der Waals surface area contributed by atoms with Crippen LogP contribution in [0.4, 0.5) is 5.69 Å². The molecule has 0 unspecified atom stereocenters. The third-order valence-electron chi connectivity index (χ3n) is 3.90. The molecule has 0 saturated carbocycles. The number of carbonyl (C=O) groups excluding carboxylic acids is 1. The second-order valence-electron chi connectivity index (χ2n) is 5.75. The molecule has 4 nitrogen and oxygen atoms in total. The van der Waals surface area contributed by atoms with E-state index in [0.717, 1.165) is 15.6 Å². The highest BCUT2D eigenvalue weighted by atomic mass is 79.9. The number of nitrogens with one attached hydrogen (secondary N) is 1. The lowest BCUT2D eigenvalue weighted by Crippen LogP contribution is -2.14. The molecule has 6 heteroatoms. The van der Waals surface area contributed by atoms with E-state index in [9.17, 15) is 10.1 Å². The van der Waals surface area contributed by atoms with E-state index in [4.69, 9.17) is 16.0 Å². The second kappa shape index (κ2) is 8.26. The van der Waals surface area contributed by atoms with Gasteiger partial charge in [0.1, 0.15) is 23.2 Å². The molecule has 0 aliphatic heterocycles. The first-order chi connectivity index (χ1) is 13.0. The zero-order valence-electron chi connectivity index (χ0n) is 14.3. The molecule has 0 fully saturated rings. The van der Waals surface area contributed by atoms with Crippen LogP contribution in [-0.4, -0.2) is 5.91 Å². The van der Waals surface area contributed by atoms with E-state index in [1.165, 1.54) is 6.08 Å². The number of carbonyl (C=O) groups is 1. The van der Waals surface area contributed by atoms with Crippen LogP contribution in [0.3, 0.4) is 0 Å². The van der Waals surface area contributed by atoms with E-state index in [1.807, 2.05) is 30.3 Å². The average Bonchev–Trinajstić information content (AvgIpc) is 3.12. The van der Waals surface area contributed by atoms with Crippen molar-refractivity contribution in [2.75, 3.05) is 5.32 Å². The zero-order chi connectivity index (χ0) is 19.4. The van der Waals surface area contributed by atoms with Gasteiger partial charge in [-0.3, -0.25) is 4.79 Å². The Balaban J connectivity index is 1.83. The Hall–Kier alpha value is -2.81. The summed E-state index contributed by atoms with van der Waals surface area (Å²) in [5, 5.41) is 12.6. The molecule has 134 valence electrons. The van der Waals surface area contributed by atoms with Crippen LogP contribution in [0.5, 0.6) is 0 Å². The summed E-state index contributed by atoms with van der Waals surface area (Å²) in [6.45, 7) is 1.80. The average molecular weight is 442 g/mol. The van der Waals surface area contributed by atoms with Crippen LogP contribution in [0.25, 0.3) is 17.4 Å². The van der Waals surface area contributed by atoms with E-state index >= 15 is 0 Å². The van der Waals surface area contributed by atoms with Crippen molar-refractivity contribution in [3.63, 3.8) is 0 Å². The largest absolute Gasteiger partial charge is 0.457 e. The Morgan fingerprint density at radius 3 is 2.74 bits per heavy atom. The number of amides is 1. The van der Waals surface area contributed by atoms with Crippen molar-refractivity contribution in [2.24, 2.45) is 0 Å². The van der Waals surface area contributed by atoms with Gasteiger partial charge in [0, 0.05) is 26.8 Å². The minimum atomic E-state index is -0.525. The maximum Gasteiger partial charge on any atom is 0.266 e. The Morgan fingerprint density at radius 1 is 1.22 bits per heavy atom. The normalized spacial score (nSPS) is 11.1. The minimum absolute atomic E-state index is 0.0653. The lowest BCUT2D eigenvalue weighted by molar-refractivity contribution is -0.112. The van der Waals surface area contributed by atoms with Crippen molar-refractivity contribution >= 4 is 45.2 Å². The van der Waals surface area contributed by atoms with Gasteiger partial charge in [0.25, 0.3) is 5.91 Å². The molecule has 2 aromatic carbocycles. The molecular formula is C21H14BrClN2O2. The molecule has 0 bridgehead atoms. The minimum Gasteiger partial charge on any atom is -0.457 e. The van der Waals surface area contributed by atoms with Gasteiger partial charge in [-0.15, -0.1) is 0 Å². The van der Waals surface area contributed by atoms with E-state index in [-0.39, 0.29) is 5.57 Å². The van der Waals surface area contributed by atoms with Gasteiger partial charge in [0.2, 0.25) is 0 Å². The highest BCUT2D eigenvalue weighted by Gasteiger charge is 2.13. The van der Waals surface area contributed by atoms with Gasteiger partial charge < -0.3 is 9.73 Å². The number of anilines is 1. The fourth-order valence-electron chi connectivity index (χ4n) is 2.45. The summed E-state index contributed by atoms with van der Waals surface area (Å²) in [6, 6.07) is 18.3. The number of benzene rings is 2. The molecule has 0 aliphatic rings. The van der Waals surface area contributed by atoms with Crippen molar-refractivity contribution in [3.8, 4) is 17.4 Å². The van der Waals surface area contributed by atoms with Crippen molar-refractivity contribution < 1.29 is 9.21 Å². The third-order valence-corrected chi connectivity index (χ3v) is 4.81. The predicted octanol–water partition coefficient (Wildman–Crippen LogP) is 6.22. The van der Waals surface area contributed by atoms with Crippen molar-refractivity contribution in [3.05, 3.63) is 81.0 Å². The number of halogens is 2. The maximum absolute atomic E-state index is 12.4. The van der Waals surface area contributed by atoms with Crippen molar-refractivity contribution in [2.45, 2.75) is 6.92 Å². The van der Waals surface area contributed by atoms with E-state index < -0.39 is 5.91 Å². The summed E-state index contributed by atoms with van der Waals surface area (Å²) in [5.74, 6) is 0.536. The number of hydrogen-bond acceptors (Lipinski definition) is 3. The molecule has 0 radical (unpaired) electrons. The summed E-state index contributed by atoms with van der Waals surface area (Å²) in [4.78, 5) is 12.4. The Labute approximate surface area is 170 Å². The number of hydrogen-bond donors (Lipinski definition) is 1. The number of nitrogens with zero attached hydrogens (tertiary/aromatic N) is 1. The Bertz CT molecular complexity index is 1080. The van der Waals surface area contributed by atoms with Crippen LogP contribution < -0.4 is 5.32 Å². The molecule has 3 rings (SSSR count). The molecule has 1 heterocycles. The van der Waals surface area contributed by atoms with Crippen molar-refractivity contribution in [1.29, 1.82) is 5.26 Å². The van der Waals surface area contributed by atoms with Crippen molar-refractivity contribution in [1.82, 2.24) is 0 Å². The summed E-state index contributed by atoms with van der Waals surface area (Å²) < 4.78 is 6.68. The van der Waals surface area contributed by atoms with Crippen LogP contribution in [0.15, 0.2) is 69.1 Å². The van der Waals surface area contributed by atoms with Crippen LogP contribution in [0.2, 0.25) is 5.02 Å². The molecule has 0 saturated heterocycles. The van der Waals surface area contributed by atoms with E-state index in [0.29, 0.717) is 22.2 Å². The van der Waals surface area contributed by atoms with Gasteiger partial charge in [-0.1, -0.05) is 45.7 Å². The molecule has 0 spiro atoms. The molecule has 1 amide bonds. The maximum atomic E-state index is 12.4. The monoisotopic (exact) mass is 440 g/mol. The van der Waals surface area contributed by atoms with Gasteiger partial charge in [-0.2, -0.15) is 5.26 Å². The summed E-state index contributed by atoms with van der Waals surface area (Å²) in [7, 11) is 0. The van der Waals surface area contributed by atoms with Crippen LogP contribution >= 0.6 is 27.5 Å². The topological polar surface area (TPSA) is 66.0 Å². The smallest absolute Gasteiger partial charge is 0.266 e. The van der Waals surface area contributed by atoms with E-state index in [1.54, 1.807) is 37.3 Å². The Kier molecular flexibility index (Phi) is 5.80. The first-order valence-electron chi connectivity index (χ1n) is 8.02. The molecule has 0 atom stereocenters. The fraction of sp³-hybridized carbons (Fsp3) is 0.0476. The van der Waals surface area contributed by atoms with Gasteiger partial charge >= 0.3 is 0 Å². The SMILES string of the molecule is Cc1c(Cl)cccc1NC(=O)/C(C#N)=C\c1ccc(-c2cccc(Br)c2)o1. The second-order valence-corrected chi connectivity index (χ2v) is 7.07. The van der Waals surface area contributed by atoms with Gasteiger partial charge in [0.05, 0.1) is 0 Å². The molecule has 1 N–H and O–H groups in total. The Morgan fingerprint density at radius 2 is 2.00 bits per heavy atom. The van der Waals surface area contributed by atoms with E-state index in [2.05, 4.69) is 21.2 Å². The number of rotatable bonds is 4. The van der Waals surface area contributed by atoms with Crippen LogP contribution in [0.1, 0.15) is 11.3 Å². The quantitative estimate of drug-likeness (QED) is 0.386. The molecule has 3 aromatic rings. The lowest BCUT2D eigenvalue weighted by atomic mass is 10.1. The van der Waals surface area contributed by atoms with Crippen LogP contribution in [0, 0.1) is 18.3 Å². The molecule has 1 aromatic heterocycles. The molecule has 0 aliphatic carbocycles. The summed E-state index contributed by atoms with van der Waals surface area (Å²) in [5.41, 5.74) is 2.12. The summed E-state index contributed by atoms with van der Waals surface area (Å²) in [6.07, 6.45) is 1.41. The van der Waals surface area contributed by atoms with Crippen LogP contribution in [-0.2, 0) is 4.79 Å². The lowest BCUT2D eigenvalue weighted by Gasteiger charge is -2.08. The fourth-order valence-corrected chi connectivity index (χ4v) is 3.02. The number of nitriles is 1. The first kappa shape index (κ1) is 19.0. The third kappa shape index (κ3) is 4.48. The first-order valence-corrected chi connectivity index (χ1v) is 9.19. The highest BCUT2D eigenvalue weighted by Crippen LogP contribution is 2.26.